The fourth-order valence-electron chi connectivity index (χ4n) is 5.29. The first-order chi connectivity index (χ1) is 22.1. The highest BCUT2D eigenvalue weighted by Crippen LogP contribution is 2.24. The molecule has 0 aliphatic rings. The molecule has 4 aromatic rings. The average Bonchev–Trinajstić information content (AvgIpc) is 3.08. The monoisotopic (exact) mass is 605 g/mol. The van der Waals surface area contributed by atoms with Crippen LogP contribution in [-0.4, -0.2) is 32.5 Å². The summed E-state index contributed by atoms with van der Waals surface area (Å²) < 4.78 is 16.5. The molecule has 0 radical (unpaired) electrons. The van der Waals surface area contributed by atoms with E-state index in [0.717, 1.165) is 62.9 Å². The Morgan fingerprint density at radius 1 is 0.667 bits per heavy atom. The number of carbonyl (C=O) groups is 1. The van der Waals surface area contributed by atoms with Gasteiger partial charge in [-0.3, -0.25) is 0 Å². The van der Waals surface area contributed by atoms with Gasteiger partial charge in [-0.1, -0.05) is 80.8 Å². The number of methoxy groups -OCH3 is 1. The summed E-state index contributed by atoms with van der Waals surface area (Å²) in [7, 11) is 1.72. The lowest BCUT2D eigenvalue weighted by Crippen LogP contribution is -2.10. The van der Waals surface area contributed by atoms with Gasteiger partial charge in [0.05, 0.1) is 12.2 Å². The van der Waals surface area contributed by atoms with Crippen molar-refractivity contribution in [1.82, 2.24) is 0 Å². The van der Waals surface area contributed by atoms with Crippen molar-refractivity contribution in [3.63, 3.8) is 0 Å². The number of benzene rings is 4. The highest BCUT2D eigenvalue weighted by Gasteiger charge is 2.12. The molecule has 1 N–H and O–H groups in total. The minimum atomic E-state index is -0.457. The van der Waals surface area contributed by atoms with Crippen LogP contribution in [0.3, 0.4) is 0 Å². The third-order valence-electron chi connectivity index (χ3n) is 8.05. The third kappa shape index (κ3) is 11.0. The van der Waals surface area contributed by atoms with E-state index in [1.165, 1.54) is 47.7 Å². The molecule has 0 saturated heterocycles. The average molecular weight is 606 g/mol. The maximum atomic E-state index is 12.8. The van der Waals surface area contributed by atoms with Crippen molar-refractivity contribution in [2.24, 2.45) is 0 Å². The van der Waals surface area contributed by atoms with Gasteiger partial charge in [-0.15, -0.1) is 0 Å². The lowest BCUT2D eigenvalue weighted by atomic mass is 9.98. The Morgan fingerprint density at radius 3 is 1.89 bits per heavy atom. The Bertz CT molecular complexity index is 1460. The van der Waals surface area contributed by atoms with E-state index in [9.17, 15) is 4.79 Å². The van der Waals surface area contributed by atoms with Crippen molar-refractivity contribution in [2.45, 2.75) is 71.1 Å². The van der Waals surface area contributed by atoms with Crippen LogP contribution in [0.1, 0.15) is 84.5 Å². The molecule has 0 aliphatic carbocycles. The Balaban J connectivity index is 1.25. The maximum absolute atomic E-state index is 12.8. The molecule has 0 aliphatic heterocycles. The third-order valence-corrected chi connectivity index (χ3v) is 8.05. The van der Waals surface area contributed by atoms with Gasteiger partial charge < -0.3 is 19.6 Å². The van der Waals surface area contributed by atoms with Crippen molar-refractivity contribution >= 4 is 12.2 Å². The minimum Gasteiger partial charge on any atom is -0.494 e. The van der Waals surface area contributed by atoms with Gasteiger partial charge in [0.2, 0.25) is 0 Å². The van der Waals surface area contributed by atoms with Crippen molar-refractivity contribution in [3.8, 4) is 22.6 Å². The second-order valence-electron chi connectivity index (χ2n) is 11.5. The summed E-state index contributed by atoms with van der Waals surface area (Å²) in [5.41, 5.74) is 7.25. The van der Waals surface area contributed by atoms with Gasteiger partial charge in [-0.2, -0.15) is 0 Å². The first-order valence-corrected chi connectivity index (χ1v) is 16.3. The van der Waals surface area contributed by atoms with E-state index in [1.807, 2.05) is 12.1 Å². The summed E-state index contributed by atoms with van der Waals surface area (Å²) in [6.45, 7) is 3.68. The molecule has 5 heteroatoms. The molecule has 4 aromatic carbocycles. The Labute approximate surface area is 269 Å². The van der Waals surface area contributed by atoms with E-state index in [-0.39, 0.29) is 0 Å². The number of aryl methyl sites for hydroxylation is 3. The molecule has 0 spiro atoms. The van der Waals surface area contributed by atoms with Crippen molar-refractivity contribution < 1.29 is 19.0 Å². The Kier molecular flexibility index (Phi) is 13.9. The number of carbonyl (C=O) groups excluding carboxylic acids is 1. The SMILES string of the molecule is CCCCCc1ccc(-c2ccc(CCc3ccc(OC(=O)c4ccc(OCCCCCCOC)cc4)c(C=N)c3)cc2)cc1. The van der Waals surface area contributed by atoms with Gasteiger partial charge in [0.1, 0.15) is 11.5 Å². The van der Waals surface area contributed by atoms with Gasteiger partial charge in [0.15, 0.2) is 0 Å². The second kappa shape index (κ2) is 18.6. The van der Waals surface area contributed by atoms with Gasteiger partial charge in [0.25, 0.3) is 0 Å². The zero-order chi connectivity index (χ0) is 31.7. The largest absolute Gasteiger partial charge is 0.494 e. The Hall–Kier alpha value is -4.22. The van der Waals surface area contributed by atoms with Crippen LogP contribution in [0.5, 0.6) is 11.5 Å². The molecule has 45 heavy (non-hydrogen) atoms. The lowest BCUT2D eigenvalue weighted by molar-refractivity contribution is 0.0734. The predicted octanol–water partition coefficient (Wildman–Crippen LogP) is 9.67. The molecular formula is C40H47NO4. The summed E-state index contributed by atoms with van der Waals surface area (Å²) in [6.07, 6.45) is 12.2. The van der Waals surface area contributed by atoms with E-state index in [1.54, 1.807) is 37.4 Å². The van der Waals surface area contributed by atoms with Gasteiger partial charge in [-0.25, -0.2) is 4.79 Å². The molecule has 0 fully saturated rings. The topological polar surface area (TPSA) is 68.6 Å². The minimum absolute atomic E-state index is 0.383. The van der Waals surface area contributed by atoms with Gasteiger partial charge >= 0.3 is 5.97 Å². The van der Waals surface area contributed by atoms with Crippen molar-refractivity contribution in [1.29, 1.82) is 5.41 Å². The standard InChI is InChI=1S/C40H47NO4/c1-3-4-7-10-31-13-18-34(19-14-31)35-20-15-32(16-21-35)11-12-33-17-26-39(37(29-33)30-41)45-40(42)36-22-24-38(25-23-36)44-28-9-6-5-8-27-43-2/h13-26,29-30,41H,3-12,27-28H2,1-2H3. The molecule has 5 nitrogen and oxygen atoms in total. The van der Waals surface area contributed by atoms with Crippen LogP contribution < -0.4 is 9.47 Å². The van der Waals surface area contributed by atoms with Crippen LogP contribution in [-0.2, 0) is 24.0 Å². The molecule has 0 amide bonds. The number of unbranched alkanes of at least 4 members (excludes halogenated alkanes) is 5. The summed E-state index contributed by atoms with van der Waals surface area (Å²) in [6, 6.07) is 30.4. The smallest absolute Gasteiger partial charge is 0.343 e. The Morgan fingerprint density at radius 2 is 1.27 bits per heavy atom. The molecule has 0 aromatic heterocycles. The summed E-state index contributed by atoms with van der Waals surface area (Å²) in [5, 5.41) is 7.90. The molecular weight excluding hydrogens is 558 g/mol. The number of esters is 1. The second-order valence-corrected chi connectivity index (χ2v) is 11.5. The molecule has 0 atom stereocenters. The molecule has 236 valence electrons. The highest BCUT2D eigenvalue weighted by molar-refractivity contribution is 5.93. The normalized spacial score (nSPS) is 10.9. The molecule has 0 unspecified atom stereocenters. The zero-order valence-corrected chi connectivity index (χ0v) is 26.9. The number of hydrogen-bond acceptors (Lipinski definition) is 5. The quantitative estimate of drug-likeness (QED) is 0.0500. The maximum Gasteiger partial charge on any atom is 0.343 e. The van der Waals surface area contributed by atoms with Gasteiger partial charge in [-0.05, 0) is 109 Å². The van der Waals surface area contributed by atoms with Crippen molar-refractivity contribution in [3.05, 3.63) is 119 Å². The van der Waals surface area contributed by atoms with Crippen LogP contribution in [0.15, 0.2) is 91.0 Å². The fraction of sp³-hybridized carbons (Fsp3) is 0.350. The number of ether oxygens (including phenoxy) is 3. The molecule has 0 heterocycles. The van der Waals surface area contributed by atoms with Gasteiger partial charge in [0, 0.05) is 25.5 Å². The van der Waals surface area contributed by atoms with Crippen LogP contribution in [0, 0.1) is 5.41 Å². The van der Waals surface area contributed by atoms with Crippen LogP contribution in [0.4, 0.5) is 0 Å². The zero-order valence-electron chi connectivity index (χ0n) is 26.9. The highest BCUT2D eigenvalue weighted by atomic mass is 16.5. The van der Waals surface area contributed by atoms with E-state index in [0.29, 0.717) is 23.5 Å². The number of nitrogens with one attached hydrogen (secondary N) is 1. The van der Waals surface area contributed by atoms with E-state index in [2.05, 4.69) is 55.5 Å². The van der Waals surface area contributed by atoms with Crippen LogP contribution in [0.25, 0.3) is 11.1 Å². The van der Waals surface area contributed by atoms with E-state index >= 15 is 0 Å². The molecule has 4 rings (SSSR count). The predicted molar refractivity (Wildman–Crippen MR) is 184 cm³/mol. The van der Waals surface area contributed by atoms with Crippen LogP contribution in [0.2, 0.25) is 0 Å². The summed E-state index contributed by atoms with van der Waals surface area (Å²) >= 11 is 0. The number of rotatable bonds is 19. The first kappa shape index (κ1) is 33.7. The molecule has 0 bridgehead atoms. The van der Waals surface area contributed by atoms with E-state index < -0.39 is 5.97 Å². The first-order valence-electron chi connectivity index (χ1n) is 16.3. The van der Waals surface area contributed by atoms with Crippen molar-refractivity contribution in [2.75, 3.05) is 20.3 Å². The summed E-state index contributed by atoms with van der Waals surface area (Å²) in [5.74, 6) is 0.657. The lowest BCUT2D eigenvalue weighted by Gasteiger charge is -2.11. The van der Waals surface area contributed by atoms with Crippen LogP contribution >= 0.6 is 0 Å². The summed E-state index contributed by atoms with van der Waals surface area (Å²) in [4.78, 5) is 12.8. The molecule has 0 saturated carbocycles. The fourth-order valence-corrected chi connectivity index (χ4v) is 5.29. The number of hydrogen-bond donors (Lipinski definition) is 1. The van der Waals surface area contributed by atoms with E-state index in [4.69, 9.17) is 19.6 Å².